The molecule has 0 saturated carbocycles. The number of carbonyl (C=O) groups is 2. The lowest BCUT2D eigenvalue weighted by Crippen LogP contribution is -2.57. The van der Waals surface area contributed by atoms with Crippen molar-refractivity contribution in [2.45, 2.75) is 44.7 Å². The van der Waals surface area contributed by atoms with E-state index in [0.29, 0.717) is 6.42 Å². The molecule has 3 unspecified atom stereocenters. The molecule has 32 heavy (non-hydrogen) atoms. The summed E-state index contributed by atoms with van der Waals surface area (Å²) in [5, 5.41) is 11.3. The standard InChI is InChI=1S/C22H24F3N3O4/c1-13-12-28(21(30)26-18-5-3-4-17(11-18)22(23,24)25)19(14(2)32-13)10-15-6-8-16(9-7-15)20(29)27-31/h3-9,11,13-14,19,31H,10,12H2,1-2H3,(H,26,30)(H,27,29). The molecule has 0 bridgehead atoms. The van der Waals surface area contributed by atoms with Gasteiger partial charge >= 0.3 is 12.2 Å². The van der Waals surface area contributed by atoms with Crippen LogP contribution in [-0.4, -0.2) is 46.8 Å². The van der Waals surface area contributed by atoms with Gasteiger partial charge in [0.15, 0.2) is 0 Å². The summed E-state index contributed by atoms with van der Waals surface area (Å²) in [5.74, 6) is -0.637. The van der Waals surface area contributed by atoms with Crippen molar-refractivity contribution in [3.63, 3.8) is 0 Å². The second kappa shape index (κ2) is 9.58. The zero-order valence-electron chi connectivity index (χ0n) is 17.5. The van der Waals surface area contributed by atoms with Gasteiger partial charge in [0.1, 0.15) is 0 Å². The van der Waals surface area contributed by atoms with Gasteiger partial charge in [0, 0.05) is 17.8 Å². The van der Waals surface area contributed by atoms with E-state index in [4.69, 9.17) is 9.94 Å². The minimum Gasteiger partial charge on any atom is -0.372 e. The molecule has 0 aliphatic carbocycles. The zero-order chi connectivity index (χ0) is 23.5. The van der Waals surface area contributed by atoms with Gasteiger partial charge in [-0.3, -0.25) is 10.0 Å². The van der Waals surface area contributed by atoms with Crippen LogP contribution in [0.3, 0.4) is 0 Å². The fourth-order valence-corrected chi connectivity index (χ4v) is 3.74. The average molecular weight is 451 g/mol. The number of anilines is 1. The van der Waals surface area contributed by atoms with E-state index in [9.17, 15) is 22.8 Å². The second-order valence-electron chi connectivity index (χ2n) is 7.72. The fraction of sp³-hybridized carbons (Fsp3) is 0.364. The normalized spacial score (nSPS) is 21.2. The molecule has 1 fully saturated rings. The number of nitrogens with one attached hydrogen (secondary N) is 2. The zero-order valence-corrected chi connectivity index (χ0v) is 17.5. The van der Waals surface area contributed by atoms with Crippen LogP contribution in [0.2, 0.25) is 0 Å². The molecule has 0 spiro atoms. The molecular weight excluding hydrogens is 427 g/mol. The number of rotatable bonds is 4. The number of morpholine rings is 1. The summed E-state index contributed by atoms with van der Waals surface area (Å²) in [4.78, 5) is 26.1. The van der Waals surface area contributed by atoms with E-state index in [1.54, 1.807) is 34.6 Å². The molecule has 3 amide bonds. The van der Waals surface area contributed by atoms with Gasteiger partial charge in [-0.2, -0.15) is 13.2 Å². The molecule has 1 aliphatic rings. The van der Waals surface area contributed by atoms with Gasteiger partial charge in [0.25, 0.3) is 5.91 Å². The highest BCUT2D eigenvalue weighted by Gasteiger charge is 2.36. The number of nitrogens with zero attached hydrogens (tertiary/aromatic N) is 1. The Morgan fingerprint density at radius 1 is 1.16 bits per heavy atom. The fourth-order valence-electron chi connectivity index (χ4n) is 3.74. The van der Waals surface area contributed by atoms with Crippen molar-refractivity contribution in [1.29, 1.82) is 0 Å². The Bertz CT molecular complexity index is 966. The number of hydroxylamine groups is 1. The highest BCUT2D eigenvalue weighted by molar-refractivity contribution is 5.93. The topological polar surface area (TPSA) is 90.9 Å². The predicted molar refractivity (Wildman–Crippen MR) is 110 cm³/mol. The summed E-state index contributed by atoms with van der Waals surface area (Å²) in [5.41, 5.74) is 1.87. The summed E-state index contributed by atoms with van der Waals surface area (Å²) in [6.07, 6.45) is -4.68. The van der Waals surface area contributed by atoms with Gasteiger partial charge in [-0.15, -0.1) is 0 Å². The average Bonchev–Trinajstić information content (AvgIpc) is 2.75. The first-order valence-electron chi connectivity index (χ1n) is 10.0. The molecule has 7 nitrogen and oxygen atoms in total. The largest absolute Gasteiger partial charge is 0.416 e. The SMILES string of the molecule is CC1CN(C(=O)Nc2cccc(C(F)(F)F)c2)C(Cc2ccc(C(=O)NO)cc2)C(C)O1. The van der Waals surface area contributed by atoms with E-state index in [0.717, 1.165) is 17.7 Å². The highest BCUT2D eigenvalue weighted by Crippen LogP contribution is 2.31. The van der Waals surface area contributed by atoms with Crippen LogP contribution in [0.1, 0.15) is 35.3 Å². The number of amides is 3. The monoisotopic (exact) mass is 451 g/mol. The molecule has 3 rings (SSSR count). The van der Waals surface area contributed by atoms with Crippen molar-refractivity contribution < 1.29 is 32.7 Å². The lowest BCUT2D eigenvalue weighted by Gasteiger charge is -2.42. The van der Waals surface area contributed by atoms with Crippen LogP contribution in [0.4, 0.5) is 23.7 Å². The van der Waals surface area contributed by atoms with Crippen molar-refractivity contribution in [1.82, 2.24) is 10.4 Å². The molecular formula is C22H24F3N3O4. The number of hydrogen-bond acceptors (Lipinski definition) is 4. The van der Waals surface area contributed by atoms with Crippen molar-refractivity contribution >= 4 is 17.6 Å². The van der Waals surface area contributed by atoms with Crippen molar-refractivity contribution in [2.75, 3.05) is 11.9 Å². The lowest BCUT2D eigenvalue weighted by atomic mass is 9.97. The third kappa shape index (κ3) is 5.57. The minimum absolute atomic E-state index is 0.0507. The van der Waals surface area contributed by atoms with Crippen LogP contribution in [0.5, 0.6) is 0 Å². The van der Waals surface area contributed by atoms with Gasteiger partial charge in [0.2, 0.25) is 0 Å². The maximum Gasteiger partial charge on any atom is 0.416 e. The van der Waals surface area contributed by atoms with Crippen LogP contribution in [0.15, 0.2) is 48.5 Å². The highest BCUT2D eigenvalue weighted by atomic mass is 19.4. The molecule has 172 valence electrons. The van der Waals surface area contributed by atoms with E-state index in [2.05, 4.69) is 5.32 Å². The Morgan fingerprint density at radius 3 is 2.47 bits per heavy atom. The van der Waals surface area contributed by atoms with Crippen LogP contribution in [-0.2, 0) is 17.3 Å². The van der Waals surface area contributed by atoms with E-state index >= 15 is 0 Å². The molecule has 3 N–H and O–H groups in total. The Balaban J connectivity index is 1.78. The van der Waals surface area contributed by atoms with Gasteiger partial charge < -0.3 is 15.0 Å². The van der Waals surface area contributed by atoms with Gasteiger partial charge in [0.05, 0.1) is 23.8 Å². The smallest absolute Gasteiger partial charge is 0.372 e. The molecule has 0 aromatic heterocycles. The van der Waals surface area contributed by atoms with Gasteiger partial charge in [-0.25, -0.2) is 10.3 Å². The van der Waals surface area contributed by atoms with Crippen molar-refractivity contribution in [3.8, 4) is 0 Å². The summed E-state index contributed by atoms with van der Waals surface area (Å²) in [7, 11) is 0. The molecule has 1 saturated heterocycles. The Morgan fingerprint density at radius 2 is 1.84 bits per heavy atom. The molecule has 1 aliphatic heterocycles. The third-order valence-corrected chi connectivity index (χ3v) is 5.31. The summed E-state index contributed by atoms with van der Waals surface area (Å²) >= 11 is 0. The van der Waals surface area contributed by atoms with E-state index in [1.165, 1.54) is 12.1 Å². The maximum atomic E-state index is 13.0. The molecule has 2 aromatic carbocycles. The van der Waals surface area contributed by atoms with E-state index < -0.39 is 23.7 Å². The molecule has 0 radical (unpaired) electrons. The summed E-state index contributed by atoms with van der Waals surface area (Å²) in [6, 6.07) is 10.1. The predicted octanol–water partition coefficient (Wildman–Crippen LogP) is 4.08. The Hall–Kier alpha value is -3.11. The summed E-state index contributed by atoms with van der Waals surface area (Å²) in [6.45, 7) is 3.92. The second-order valence-corrected chi connectivity index (χ2v) is 7.72. The number of urea groups is 1. The first-order chi connectivity index (χ1) is 15.1. The third-order valence-electron chi connectivity index (χ3n) is 5.31. The number of hydrogen-bond donors (Lipinski definition) is 3. The summed E-state index contributed by atoms with van der Waals surface area (Å²) < 4.78 is 44.8. The number of carbonyl (C=O) groups excluding carboxylic acids is 2. The molecule has 2 aromatic rings. The quantitative estimate of drug-likeness (QED) is 0.483. The number of ether oxygens (including phenoxy) is 1. The van der Waals surface area contributed by atoms with Crippen molar-refractivity contribution in [2.24, 2.45) is 0 Å². The van der Waals surface area contributed by atoms with Crippen molar-refractivity contribution in [3.05, 3.63) is 65.2 Å². The number of alkyl halides is 3. The minimum atomic E-state index is -4.51. The Kier molecular flexibility index (Phi) is 7.05. The van der Waals surface area contributed by atoms with Gasteiger partial charge in [-0.05, 0) is 56.2 Å². The maximum absolute atomic E-state index is 13.0. The van der Waals surface area contributed by atoms with Crippen LogP contribution in [0, 0.1) is 0 Å². The first kappa shape index (κ1) is 23.6. The van der Waals surface area contributed by atoms with E-state index in [1.807, 2.05) is 13.8 Å². The van der Waals surface area contributed by atoms with E-state index in [-0.39, 0.29) is 36.0 Å². The molecule has 3 atom stereocenters. The lowest BCUT2D eigenvalue weighted by molar-refractivity contribution is -0.137. The number of halogens is 3. The van der Waals surface area contributed by atoms with Crippen LogP contribution >= 0.6 is 0 Å². The number of benzene rings is 2. The Labute approximate surface area is 183 Å². The first-order valence-corrected chi connectivity index (χ1v) is 10.0. The molecule has 1 heterocycles. The molecule has 10 heteroatoms. The van der Waals surface area contributed by atoms with Crippen LogP contribution in [0.25, 0.3) is 0 Å². The van der Waals surface area contributed by atoms with Crippen LogP contribution < -0.4 is 10.8 Å². The van der Waals surface area contributed by atoms with Gasteiger partial charge in [-0.1, -0.05) is 18.2 Å².